The number of hydrogen-bond acceptors (Lipinski definition) is 8. The quantitative estimate of drug-likeness (QED) is 0.289. The first kappa shape index (κ1) is 23.5. The predicted octanol–water partition coefficient (Wildman–Crippen LogP) is 0.364. The average molecular weight is 497 g/mol. The largest absolute Gasteiger partial charge is 0.546 e. The number of hydrogen-bond donors (Lipinski definition) is 2. The Bertz CT molecular complexity index is 919. The monoisotopic (exact) mass is 496 g/mol. The van der Waals surface area contributed by atoms with Gasteiger partial charge in [0.1, 0.15) is 21.4 Å². The molecule has 1 aromatic rings. The van der Waals surface area contributed by atoms with Gasteiger partial charge in [0.2, 0.25) is 13.2 Å². The zero-order valence-electron chi connectivity index (χ0n) is 12.1. The first-order chi connectivity index (χ1) is 11.4. The van der Waals surface area contributed by atoms with E-state index in [1.54, 1.807) is 0 Å². The van der Waals surface area contributed by atoms with Crippen LogP contribution in [-0.4, -0.2) is 42.8 Å². The molecule has 0 heterocycles. The molecular formula is C8H10Cl2O12S4+2. The average Bonchev–Trinajstić information content (AvgIpc) is 2.38. The molecule has 0 fully saturated rings. The summed E-state index contributed by atoms with van der Waals surface area (Å²) >= 11 is 0. The third kappa shape index (κ3) is 6.87. The zero-order valence-corrected chi connectivity index (χ0v) is 16.9. The van der Waals surface area contributed by atoms with Crippen molar-refractivity contribution in [1.29, 1.82) is 0 Å². The van der Waals surface area contributed by atoms with E-state index in [4.69, 9.17) is 30.5 Å². The van der Waals surface area contributed by atoms with Crippen LogP contribution in [0.5, 0.6) is 0 Å². The topological polar surface area (TPSA) is 182 Å². The van der Waals surface area contributed by atoms with E-state index >= 15 is 0 Å². The summed E-state index contributed by atoms with van der Waals surface area (Å²) in [6.45, 7) is -1.96. The van der Waals surface area contributed by atoms with Crippen molar-refractivity contribution in [3.05, 3.63) is 35.4 Å². The molecule has 0 saturated carbocycles. The highest BCUT2D eigenvalue weighted by atomic mass is 35.7. The second-order valence-corrected chi connectivity index (χ2v) is 11.9. The van der Waals surface area contributed by atoms with Crippen LogP contribution in [0.3, 0.4) is 0 Å². The van der Waals surface area contributed by atoms with Gasteiger partial charge in [0.05, 0.1) is 0 Å². The minimum atomic E-state index is -5.28. The van der Waals surface area contributed by atoms with Gasteiger partial charge in [-0.05, 0) is 0 Å². The lowest BCUT2D eigenvalue weighted by atomic mass is 10.1. The molecule has 0 aliphatic carbocycles. The summed E-state index contributed by atoms with van der Waals surface area (Å²) in [5, 5.41) is 0. The standard InChI is InChI=1S/C8H8Cl2O12S4/c9-23(11,12)21(25(15,16)17)5-7-1-2-8(4-3-7)6-22(24(10,13)14)26(18,19)20/h1-4H,5-6H2/p+2. The molecular weight excluding hydrogens is 487 g/mol. The Morgan fingerprint density at radius 1 is 0.654 bits per heavy atom. The number of halogens is 2. The van der Waals surface area contributed by atoms with E-state index in [0.717, 1.165) is 24.3 Å². The lowest BCUT2D eigenvalue weighted by Gasteiger charge is -2.11. The summed E-state index contributed by atoms with van der Waals surface area (Å²) < 4.78 is 107. The maximum Gasteiger partial charge on any atom is 0.546 e. The van der Waals surface area contributed by atoms with Crippen LogP contribution in [0.15, 0.2) is 24.3 Å². The van der Waals surface area contributed by atoms with Crippen molar-refractivity contribution in [2.45, 2.75) is 13.2 Å². The van der Waals surface area contributed by atoms with Crippen LogP contribution in [0.25, 0.3) is 0 Å². The minimum Gasteiger partial charge on any atom is -0.222 e. The smallest absolute Gasteiger partial charge is 0.222 e. The molecule has 18 heteroatoms. The lowest BCUT2D eigenvalue weighted by Crippen LogP contribution is -2.25. The van der Waals surface area contributed by atoms with Gasteiger partial charge in [-0.2, -0.15) is 6.52 Å². The molecule has 0 saturated heterocycles. The van der Waals surface area contributed by atoms with Crippen molar-refractivity contribution < 1.29 is 49.3 Å². The second-order valence-electron chi connectivity index (χ2n) is 4.35. The first-order valence-corrected chi connectivity index (χ1v) is 13.0. The van der Waals surface area contributed by atoms with Gasteiger partial charge in [0, 0.05) is 11.1 Å². The van der Waals surface area contributed by atoms with E-state index in [0.29, 0.717) is 6.52 Å². The fourth-order valence-electron chi connectivity index (χ4n) is 1.50. The Morgan fingerprint density at radius 2 is 0.885 bits per heavy atom. The van der Waals surface area contributed by atoms with Crippen LogP contribution in [0.2, 0.25) is 0 Å². The van der Waals surface area contributed by atoms with E-state index in [2.05, 4.69) is 0 Å². The zero-order chi connectivity index (χ0) is 20.6. The summed E-state index contributed by atoms with van der Waals surface area (Å²) in [4.78, 5) is 0. The van der Waals surface area contributed by atoms with E-state index in [1.165, 1.54) is 0 Å². The Morgan fingerprint density at radius 3 is 1.04 bits per heavy atom. The highest BCUT2D eigenvalue weighted by Gasteiger charge is 2.40. The third-order valence-electron chi connectivity index (χ3n) is 2.51. The Hall–Kier alpha value is -0.560. The normalized spacial score (nSPS) is 14.1. The van der Waals surface area contributed by atoms with E-state index in [9.17, 15) is 33.7 Å². The molecule has 1 aromatic carbocycles. The van der Waals surface area contributed by atoms with Crippen LogP contribution in [0.1, 0.15) is 11.1 Å². The molecule has 26 heavy (non-hydrogen) atoms. The van der Waals surface area contributed by atoms with Crippen molar-refractivity contribution in [2.24, 2.45) is 0 Å². The number of benzene rings is 1. The summed E-state index contributed by atoms with van der Waals surface area (Å²) in [5.41, 5.74) is -0.115. The third-order valence-corrected chi connectivity index (χ3v) is 8.27. The molecule has 12 nitrogen and oxygen atoms in total. The van der Waals surface area contributed by atoms with Crippen molar-refractivity contribution in [1.82, 2.24) is 0 Å². The molecule has 0 aliphatic rings. The molecule has 2 N–H and O–H groups in total. The summed E-state index contributed by atoms with van der Waals surface area (Å²) in [7, 11) is -10.7. The first-order valence-electron chi connectivity index (χ1n) is 5.78. The van der Waals surface area contributed by atoms with E-state index < -0.39 is 52.7 Å². The molecule has 0 amide bonds. The van der Waals surface area contributed by atoms with Crippen LogP contribution < -0.4 is 0 Å². The lowest BCUT2D eigenvalue weighted by molar-refractivity contribution is 0.153. The van der Waals surface area contributed by atoms with Crippen molar-refractivity contribution in [3.63, 3.8) is 0 Å². The fourth-order valence-corrected chi connectivity index (χ4v) is 5.70. The van der Waals surface area contributed by atoms with Gasteiger partial charge >= 0.3 is 39.5 Å². The highest BCUT2D eigenvalue weighted by molar-refractivity contribution is 8.15. The van der Waals surface area contributed by atoms with Crippen LogP contribution in [0.4, 0.5) is 0 Å². The number of rotatable bonds is 8. The molecule has 0 radical (unpaired) electrons. The SMILES string of the molecule is O=S(=O)(O)[O+](Cc1ccc(C[O+](S(=O)(=O)O)S(=O)(=O)Cl)cc1)S(=O)(=O)Cl. The maximum atomic E-state index is 11.1. The van der Waals surface area contributed by atoms with Gasteiger partial charge in [-0.1, -0.05) is 24.3 Å². The maximum absolute atomic E-state index is 11.1. The van der Waals surface area contributed by atoms with Crippen molar-refractivity contribution in [3.8, 4) is 0 Å². The van der Waals surface area contributed by atoms with Crippen molar-refractivity contribution in [2.75, 3.05) is 0 Å². The molecule has 0 aromatic heterocycles. The Labute approximate surface area is 158 Å². The predicted molar refractivity (Wildman–Crippen MR) is 88.7 cm³/mol. The molecule has 1 rings (SSSR count). The summed E-state index contributed by atoms with van der Waals surface area (Å²) in [6, 6.07) is 4.25. The second kappa shape index (κ2) is 7.82. The fraction of sp³-hybridized carbons (Fsp3) is 0.250. The highest BCUT2D eigenvalue weighted by Crippen LogP contribution is 2.25. The molecule has 150 valence electrons. The van der Waals surface area contributed by atoms with E-state index in [1.807, 2.05) is 0 Å². The van der Waals surface area contributed by atoms with Crippen molar-refractivity contribution >= 4 is 60.8 Å². The van der Waals surface area contributed by atoms with Crippen LogP contribution in [0, 0.1) is 0 Å². The van der Waals surface area contributed by atoms with Crippen LogP contribution >= 0.6 is 21.4 Å². The van der Waals surface area contributed by atoms with Gasteiger partial charge in [0.25, 0.3) is 0 Å². The molecule has 0 bridgehead atoms. The van der Waals surface area contributed by atoms with Gasteiger partial charge in [0.15, 0.2) is 0 Å². The van der Waals surface area contributed by atoms with Gasteiger partial charge in [-0.15, -0.1) is 33.7 Å². The molecule has 0 unspecified atom stereocenters. The molecule has 0 atom stereocenters. The molecule has 0 spiro atoms. The van der Waals surface area contributed by atoms with E-state index in [-0.39, 0.29) is 11.1 Å². The van der Waals surface area contributed by atoms with Gasteiger partial charge < -0.3 is 0 Å². The molecule has 0 aliphatic heterocycles. The Kier molecular flexibility index (Phi) is 7.06. The van der Waals surface area contributed by atoms with Gasteiger partial charge in [-0.3, -0.25) is 0 Å². The summed E-state index contributed by atoms with van der Waals surface area (Å²) in [5.74, 6) is 0. The van der Waals surface area contributed by atoms with Crippen LogP contribution in [-0.2, 0) is 59.2 Å². The van der Waals surface area contributed by atoms with Gasteiger partial charge in [-0.25, -0.2) is 9.11 Å². The Balaban J connectivity index is 3.13. The summed E-state index contributed by atoms with van der Waals surface area (Å²) in [6.07, 6.45) is 0. The minimum absolute atomic E-state index is 0.0577.